The third-order valence-electron chi connectivity index (χ3n) is 3.20. The number of alkyl halides is 3. The van der Waals surface area contributed by atoms with Gasteiger partial charge in [0.2, 0.25) is 0 Å². The lowest BCUT2D eigenvalue weighted by Gasteiger charge is -2.30. The number of carbonyl (C=O) groups is 1. The number of nitrogens with zero attached hydrogens (tertiary/aromatic N) is 1. The van der Waals surface area contributed by atoms with Crippen molar-refractivity contribution in [2.45, 2.75) is 25.1 Å². The number of rotatable bonds is 1. The summed E-state index contributed by atoms with van der Waals surface area (Å²) < 4.78 is 38.3. The highest BCUT2D eigenvalue weighted by Gasteiger charge is 2.34. The van der Waals surface area contributed by atoms with E-state index < -0.39 is 23.8 Å². The van der Waals surface area contributed by atoms with Gasteiger partial charge in [-0.25, -0.2) is 0 Å². The smallest absolute Gasteiger partial charge is 0.391 e. The highest BCUT2D eigenvalue weighted by Crippen LogP contribution is 2.35. The van der Waals surface area contributed by atoms with Crippen molar-refractivity contribution in [2.24, 2.45) is 0 Å². The van der Waals surface area contributed by atoms with Crippen molar-refractivity contribution >= 4 is 21.8 Å². The van der Waals surface area contributed by atoms with Gasteiger partial charge in [-0.3, -0.25) is 4.79 Å². The van der Waals surface area contributed by atoms with Crippen molar-refractivity contribution in [1.29, 1.82) is 0 Å². The van der Waals surface area contributed by atoms with E-state index in [1.165, 1.54) is 17.0 Å². The minimum atomic E-state index is -4.52. The first-order valence-electron chi connectivity index (χ1n) is 6.13. The quantitative estimate of drug-likeness (QED) is 0.844. The fourth-order valence-electron chi connectivity index (χ4n) is 2.20. The maximum Gasteiger partial charge on any atom is 0.417 e. The molecule has 20 heavy (non-hydrogen) atoms. The lowest BCUT2D eigenvalue weighted by molar-refractivity contribution is -0.138. The molecule has 0 radical (unpaired) electrons. The second kappa shape index (κ2) is 5.73. The van der Waals surface area contributed by atoms with Crippen LogP contribution in [0.2, 0.25) is 0 Å². The molecule has 0 saturated carbocycles. The van der Waals surface area contributed by atoms with Crippen LogP contribution in [0.1, 0.15) is 28.8 Å². The number of hydrogen-bond donors (Lipinski definition) is 1. The average molecular weight is 352 g/mol. The molecule has 1 heterocycles. The summed E-state index contributed by atoms with van der Waals surface area (Å²) in [4.78, 5) is 13.6. The summed E-state index contributed by atoms with van der Waals surface area (Å²) in [5.74, 6) is -0.484. The number of halogens is 4. The number of benzene rings is 1. The Bertz CT molecular complexity index is 519. The molecule has 1 aliphatic rings. The van der Waals surface area contributed by atoms with Crippen molar-refractivity contribution in [3.8, 4) is 0 Å². The Labute approximate surface area is 122 Å². The average Bonchev–Trinajstić information content (AvgIpc) is 2.37. The molecule has 1 aromatic rings. The fourth-order valence-corrected chi connectivity index (χ4v) is 2.67. The van der Waals surface area contributed by atoms with Gasteiger partial charge in [-0.05, 0) is 31.0 Å². The van der Waals surface area contributed by atoms with Crippen LogP contribution in [0, 0.1) is 0 Å². The minimum Gasteiger partial charge on any atom is -0.391 e. The molecule has 0 spiro atoms. The van der Waals surface area contributed by atoms with Crippen LogP contribution < -0.4 is 0 Å². The maximum atomic E-state index is 12.8. The Morgan fingerprint density at radius 2 is 2.10 bits per heavy atom. The van der Waals surface area contributed by atoms with Crippen LogP contribution >= 0.6 is 15.9 Å². The van der Waals surface area contributed by atoms with Crippen molar-refractivity contribution in [2.75, 3.05) is 13.1 Å². The SMILES string of the molecule is O=C(c1ccc(Br)c(C(F)(F)F)c1)N1CCCC(O)C1. The van der Waals surface area contributed by atoms with Crippen LogP contribution in [0.3, 0.4) is 0 Å². The molecule has 0 aliphatic carbocycles. The molecule has 1 amide bonds. The zero-order chi connectivity index (χ0) is 14.9. The number of aliphatic hydroxyl groups is 1. The number of hydrogen-bond acceptors (Lipinski definition) is 2. The Kier molecular flexibility index (Phi) is 4.39. The zero-order valence-corrected chi connectivity index (χ0v) is 12.0. The highest BCUT2D eigenvalue weighted by atomic mass is 79.9. The molecule has 1 saturated heterocycles. The maximum absolute atomic E-state index is 12.8. The summed E-state index contributed by atoms with van der Waals surface area (Å²) in [6.45, 7) is 0.615. The van der Waals surface area contributed by atoms with E-state index in [-0.39, 0.29) is 16.6 Å². The van der Waals surface area contributed by atoms with Gasteiger partial charge in [-0.2, -0.15) is 13.2 Å². The van der Waals surface area contributed by atoms with Crippen LogP contribution in [0.25, 0.3) is 0 Å². The summed E-state index contributed by atoms with van der Waals surface area (Å²) in [6.07, 6.45) is -3.87. The fraction of sp³-hybridized carbons (Fsp3) is 0.462. The first-order valence-corrected chi connectivity index (χ1v) is 6.92. The molecule has 0 aromatic heterocycles. The third kappa shape index (κ3) is 3.32. The number of aliphatic hydroxyl groups excluding tert-OH is 1. The van der Waals surface area contributed by atoms with E-state index in [1.807, 2.05) is 0 Å². The number of β-amino-alcohol motifs (C(OH)–C–C–N with tert-alkyl or cyclic N) is 1. The summed E-state index contributed by atoms with van der Waals surface area (Å²) in [5, 5.41) is 9.52. The van der Waals surface area contributed by atoms with Gasteiger partial charge >= 0.3 is 6.18 Å². The minimum absolute atomic E-state index is 0.0189. The largest absolute Gasteiger partial charge is 0.417 e. The second-order valence-corrected chi connectivity index (χ2v) is 5.59. The van der Waals surface area contributed by atoms with E-state index in [0.29, 0.717) is 19.4 Å². The monoisotopic (exact) mass is 351 g/mol. The Balaban J connectivity index is 2.26. The van der Waals surface area contributed by atoms with E-state index in [4.69, 9.17) is 0 Å². The lowest BCUT2D eigenvalue weighted by Crippen LogP contribution is -2.42. The zero-order valence-electron chi connectivity index (χ0n) is 10.5. The van der Waals surface area contributed by atoms with E-state index in [9.17, 15) is 23.1 Å². The number of piperidine rings is 1. The molecule has 1 fully saturated rings. The van der Waals surface area contributed by atoms with Crippen LogP contribution in [-0.2, 0) is 6.18 Å². The topological polar surface area (TPSA) is 40.5 Å². The van der Waals surface area contributed by atoms with Crippen molar-refractivity contribution in [1.82, 2.24) is 4.90 Å². The number of likely N-dealkylation sites (tertiary alicyclic amines) is 1. The van der Waals surface area contributed by atoms with Crippen molar-refractivity contribution < 1.29 is 23.1 Å². The molecule has 1 N–H and O–H groups in total. The predicted molar refractivity (Wildman–Crippen MR) is 70.3 cm³/mol. The second-order valence-electron chi connectivity index (χ2n) is 4.74. The van der Waals surface area contributed by atoms with Crippen LogP contribution in [0.5, 0.6) is 0 Å². The first-order chi connectivity index (χ1) is 9.29. The van der Waals surface area contributed by atoms with E-state index in [2.05, 4.69) is 15.9 Å². The molecule has 1 aromatic carbocycles. The first kappa shape index (κ1) is 15.3. The molecular formula is C13H13BrF3NO2. The van der Waals surface area contributed by atoms with Gasteiger partial charge in [0, 0.05) is 23.1 Å². The Morgan fingerprint density at radius 1 is 1.40 bits per heavy atom. The number of carbonyl (C=O) groups excluding carboxylic acids is 1. The van der Waals surface area contributed by atoms with Gasteiger partial charge < -0.3 is 10.0 Å². The van der Waals surface area contributed by atoms with Gasteiger partial charge in [0.15, 0.2) is 0 Å². The van der Waals surface area contributed by atoms with Gasteiger partial charge in [-0.15, -0.1) is 0 Å². The molecule has 2 rings (SSSR count). The van der Waals surface area contributed by atoms with E-state index in [1.54, 1.807) is 0 Å². The molecule has 110 valence electrons. The van der Waals surface area contributed by atoms with Crippen LogP contribution in [0.15, 0.2) is 22.7 Å². The van der Waals surface area contributed by atoms with E-state index in [0.717, 1.165) is 6.07 Å². The molecule has 3 nitrogen and oxygen atoms in total. The van der Waals surface area contributed by atoms with Crippen LogP contribution in [0.4, 0.5) is 13.2 Å². The Hall–Kier alpha value is -1.08. The lowest BCUT2D eigenvalue weighted by atomic mass is 10.1. The molecule has 7 heteroatoms. The van der Waals surface area contributed by atoms with Gasteiger partial charge in [0.05, 0.1) is 11.7 Å². The van der Waals surface area contributed by atoms with E-state index >= 15 is 0 Å². The molecular weight excluding hydrogens is 339 g/mol. The number of amides is 1. The summed E-state index contributed by atoms with van der Waals surface area (Å²) in [6, 6.07) is 3.41. The highest BCUT2D eigenvalue weighted by molar-refractivity contribution is 9.10. The van der Waals surface area contributed by atoms with Crippen LogP contribution in [-0.4, -0.2) is 35.1 Å². The van der Waals surface area contributed by atoms with Gasteiger partial charge in [0.1, 0.15) is 0 Å². The van der Waals surface area contributed by atoms with Crippen molar-refractivity contribution in [3.63, 3.8) is 0 Å². The summed E-state index contributed by atoms with van der Waals surface area (Å²) >= 11 is 2.84. The molecule has 0 bridgehead atoms. The summed E-state index contributed by atoms with van der Waals surface area (Å²) in [5.41, 5.74) is -0.893. The predicted octanol–water partition coefficient (Wildman–Crippen LogP) is 3.06. The summed E-state index contributed by atoms with van der Waals surface area (Å²) in [7, 11) is 0. The molecule has 1 aliphatic heterocycles. The van der Waals surface area contributed by atoms with Gasteiger partial charge in [-0.1, -0.05) is 15.9 Å². The third-order valence-corrected chi connectivity index (χ3v) is 3.89. The normalized spacial score (nSPS) is 20.1. The molecule has 1 atom stereocenters. The standard InChI is InChI=1S/C13H13BrF3NO2/c14-11-4-3-8(6-10(11)13(15,16)17)12(20)18-5-1-2-9(19)7-18/h3-4,6,9,19H,1-2,5,7H2. The molecule has 1 unspecified atom stereocenters. The van der Waals surface area contributed by atoms with Gasteiger partial charge in [0.25, 0.3) is 5.91 Å². The Morgan fingerprint density at radius 3 is 2.70 bits per heavy atom. The van der Waals surface area contributed by atoms with Crippen molar-refractivity contribution in [3.05, 3.63) is 33.8 Å².